The van der Waals surface area contributed by atoms with E-state index in [1.165, 1.54) is 6.07 Å². The lowest BCUT2D eigenvalue weighted by molar-refractivity contribution is -0.141. The number of hydrogen-bond donors (Lipinski definition) is 1. The van der Waals surface area contributed by atoms with Gasteiger partial charge >= 0.3 is 6.18 Å². The number of ether oxygens (including phenoxy) is 2. The number of carbonyl (C=O) groups is 1. The Morgan fingerprint density at radius 2 is 1.91 bits per heavy atom. The van der Waals surface area contributed by atoms with E-state index >= 15 is 0 Å². The third-order valence-electron chi connectivity index (χ3n) is 8.47. The van der Waals surface area contributed by atoms with Crippen molar-refractivity contribution in [3.05, 3.63) is 94.7 Å². The highest BCUT2D eigenvalue weighted by Gasteiger charge is 2.38. The van der Waals surface area contributed by atoms with Gasteiger partial charge in [0.05, 0.1) is 48.8 Å². The van der Waals surface area contributed by atoms with Gasteiger partial charge < -0.3 is 19.7 Å². The van der Waals surface area contributed by atoms with E-state index in [0.29, 0.717) is 41.5 Å². The van der Waals surface area contributed by atoms with Crippen LogP contribution in [-0.2, 0) is 24.1 Å². The number of amides is 1. The van der Waals surface area contributed by atoms with Crippen LogP contribution in [0.3, 0.4) is 0 Å². The first kappa shape index (κ1) is 29.0. The summed E-state index contributed by atoms with van der Waals surface area (Å²) in [6, 6.07) is 15.0. The fourth-order valence-electron chi connectivity index (χ4n) is 5.88. The molecule has 2 aliphatic rings. The number of anilines is 1. The third-order valence-corrected chi connectivity index (χ3v) is 8.47. The number of pyridine rings is 1. The predicted molar refractivity (Wildman–Crippen MR) is 161 cm³/mol. The number of aryl methyl sites for hydroxylation is 1. The van der Waals surface area contributed by atoms with Crippen molar-refractivity contribution in [1.29, 1.82) is 0 Å². The summed E-state index contributed by atoms with van der Waals surface area (Å²) in [5.41, 5.74) is 4.32. The van der Waals surface area contributed by atoms with Crippen LogP contribution in [0, 0.1) is 12.8 Å². The molecule has 1 fully saturated rings. The molecule has 232 valence electrons. The zero-order chi connectivity index (χ0) is 31.3. The predicted octanol–water partition coefficient (Wildman–Crippen LogP) is 6.35. The summed E-state index contributed by atoms with van der Waals surface area (Å²) in [6.45, 7) is 3.08. The Morgan fingerprint density at radius 3 is 2.64 bits per heavy atom. The zero-order valence-electron chi connectivity index (χ0n) is 24.8. The highest BCUT2D eigenvalue weighted by atomic mass is 19.4. The fraction of sp³-hybridized carbons (Fsp3) is 0.333. The largest absolute Gasteiger partial charge is 0.497 e. The molecule has 1 saturated carbocycles. The van der Waals surface area contributed by atoms with Crippen LogP contribution in [0.25, 0.3) is 16.6 Å². The number of nitrogens with zero attached hydrogens (tertiary/aromatic N) is 5. The molecule has 3 aromatic heterocycles. The van der Waals surface area contributed by atoms with Gasteiger partial charge in [0.25, 0.3) is 5.91 Å². The highest BCUT2D eigenvalue weighted by molar-refractivity contribution is 5.98. The molecule has 2 aromatic carbocycles. The molecule has 1 unspecified atom stereocenters. The average molecular weight is 617 g/mol. The third kappa shape index (κ3) is 5.66. The van der Waals surface area contributed by atoms with Gasteiger partial charge in [-0.05, 0) is 67.6 Å². The topological polar surface area (TPSA) is 93.9 Å². The minimum atomic E-state index is -4.56. The van der Waals surface area contributed by atoms with E-state index in [2.05, 4.69) is 15.3 Å². The van der Waals surface area contributed by atoms with Crippen LogP contribution in [0.4, 0.5) is 19.0 Å². The first-order valence-corrected chi connectivity index (χ1v) is 14.8. The number of hydrogen-bond acceptors (Lipinski definition) is 7. The Hall–Kier alpha value is -4.71. The van der Waals surface area contributed by atoms with E-state index < -0.39 is 17.9 Å². The van der Waals surface area contributed by atoms with Crippen LogP contribution in [0.1, 0.15) is 57.5 Å². The number of aromatic nitrogens is 4. The Bertz CT molecular complexity index is 1900. The lowest BCUT2D eigenvalue weighted by Gasteiger charge is -2.36. The number of nitrogens with one attached hydrogen (secondary N) is 1. The molecule has 1 aliphatic carbocycles. The molecule has 1 amide bonds. The van der Waals surface area contributed by atoms with Gasteiger partial charge in [-0.15, -0.1) is 0 Å². The molecule has 9 nitrogen and oxygen atoms in total. The minimum absolute atomic E-state index is 0.0321. The van der Waals surface area contributed by atoms with Gasteiger partial charge in [-0.2, -0.15) is 13.2 Å². The van der Waals surface area contributed by atoms with Gasteiger partial charge in [-0.1, -0.05) is 18.2 Å². The number of fused-ring (bicyclic) bond motifs is 4. The second-order valence-electron chi connectivity index (χ2n) is 11.6. The molecule has 1 atom stereocenters. The Kier molecular flexibility index (Phi) is 7.31. The second kappa shape index (κ2) is 11.3. The maximum atomic E-state index is 14.2. The molecule has 0 saturated heterocycles. The molecule has 1 aliphatic heterocycles. The Balaban J connectivity index is 1.22. The molecule has 0 spiro atoms. The van der Waals surface area contributed by atoms with Crippen molar-refractivity contribution in [3.63, 3.8) is 0 Å². The van der Waals surface area contributed by atoms with Gasteiger partial charge in [-0.3, -0.25) is 9.20 Å². The molecular formula is C33H31F3N6O3. The SMILES string of the molecule is COc1ccc(CNc2nc3ccc(C(=O)N(CC4CC4)C4COCc5nc(C(F)(F)F)ccc54)cc3n3cnc(C)c23)cc1. The molecule has 1 N–H and O–H groups in total. The lowest BCUT2D eigenvalue weighted by Crippen LogP contribution is -2.41. The van der Waals surface area contributed by atoms with Crippen molar-refractivity contribution in [2.45, 2.75) is 45.1 Å². The average Bonchev–Trinajstić information content (AvgIpc) is 3.79. The maximum absolute atomic E-state index is 14.2. The van der Waals surface area contributed by atoms with E-state index in [9.17, 15) is 18.0 Å². The monoisotopic (exact) mass is 616 g/mol. The zero-order valence-corrected chi connectivity index (χ0v) is 24.8. The van der Waals surface area contributed by atoms with Crippen LogP contribution < -0.4 is 10.1 Å². The first-order valence-electron chi connectivity index (χ1n) is 14.8. The van der Waals surface area contributed by atoms with Gasteiger partial charge in [-0.25, -0.2) is 15.0 Å². The highest BCUT2D eigenvalue weighted by Crippen LogP contribution is 2.38. The molecule has 0 radical (unpaired) electrons. The van der Waals surface area contributed by atoms with Gasteiger partial charge in [0.15, 0.2) is 5.82 Å². The number of carbonyl (C=O) groups excluding carboxylic acids is 1. The summed E-state index contributed by atoms with van der Waals surface area (Å²) in [4.78, 5) is 29.2. The van der Waals surface area contributed by atoms with Gasteiger partial charge in [0.2, 0.25) is 0 Å². The normalized spacial score (nSPS) is 16.5. The summed E-state index contributed by atoms with van der Waals surface area (Å²) in [5, 5.41) is 3.43. The molecular weight excluding hydrogens is 585 g/mol. The van der Waals surface area contributed by atoms with Crippen molar-refractivity contribution in [2.75, 3.05) is 25.6 Å². The minimum Gasteiger partial charge on any atom is -0.497 e. The van der Waals surface area contributed by atoms with E-state index in [1.807, 2.05) is 47.7 Å². The summed E-state index contributed by atoms with van der Waals surface area (Å²) in [5.74, 6) is 1.57. The van der Waals surface area contributed by atoms with Crippen molar-refractivity contribution in [2.24, 2.45) is 5.92 Å². The molecule has 0 bridgehead atoms. The standard InChI is InChI=1S/C33H31F3N6O3/c1-19-30-31(37-14-20-5-8-23(44-2)9-6-20)40-25-11-7-22(13-27(25)42(30)18-38-19)32(43)41(15-21-3-4-21)28-17-45-16-26-24(28)10-12-29(39-26)33(34,35)36/h5-13,18,21,28H,3-4,14-17H2,1-2H3,(H,37,40). The second-order valence-corrected chi connectivity index (χ2v) is 11.6. The molecule has 4 heterocycles. The molecule has 7 rings (SSSR count). The number of halogens is 3. The van der Waals surface area contributed by atoms with E-state index in [4.69, 9.17) is 14.5 Å². The van der Waals surface area contributed by atoms with Crippen LogP contribution in [0.2, 0.25) is 0 Å². The van der Waals surface area contributed by atoms with E-state index in [0.717, 1.165) is 46.9 Å². The van der Waals surface area contributed by atoms with Crippen molar-refractivity contribution in [1.82, 2.24) is 24.3 Å². The van der Waals surface area contributed by atoms with Crippen LogP contribution in [0.5, 0.6) is 5.75 Å². The summed E-state index contributed by atoms with van der Waals surface area (Å²) in [6.07, 6.45) is -0.845. The van der Waals surface area contributed by atoms with Crippen molar-refractivity contribution >= 4 is 28.3 Å². The quantitative estimate of drug-likeness (QED) is 0.217. The lowest BCUT2D eigenvalue weighted by atomic mass is 9.99. The van der Waals surface area contributed by atoms with Gasteiger partial charge in [0, 0.05) is 24.2 Å². The fourth-order valence-corrected chi connectivity index (χ4v) is 5.88. The number of methoxy groups -OCH3 is 1. The Morgan fingerprint density at radius 1 is 1.11 bits per heavy atom. The molecule has 45 heavy (non-hydrogen) atoms. The number of rotatable bonds is 8. The van der Waals surface area contributed by atoms with Crippen LogP contribution in [0.15, 0.2) is 60.9 Å². The van der Waals surface area contributed by atoms with Gasteiger partial charge in [0.1, 0.15) is 23.3 Å². The van der Waals surface area contributed by atoms with Crippen molar-refractivity contribution < 1.29 is 27.4 Å². The number of imidazole rings is 1. The summed E-state index contributed by atoms with van der Waals surface area (Å²) < 4.78 is 53.0. The maximum Gasteiger partial charge on any atom is 0.433 e. The number of alkyl halides is 3. The molecule has 5 aromatic rings. The summed E-state index contributed by atoms with van der Waals surface area (Å²) >= 11 is 0. The first-order chi connectivity index (χ1) is 21.7. The smallest absolute Gasteiger partial charge is 0.433 e. The van der Waals surface area contributed by atoms with E-state index in [-0.39, 0.29) is 24.8 Å². The summed E-state index contributed by atoms with van der Waals surface area (Å²) in [7, 11) is 1.63. The Labute approximate surface area is 257 Å². The van der Waals surface area contributed by atoms with E-state index in [1.54, 1.807) is 24.4 Å². The molecule has 12 heteroatoms. The van der Waals surface area contributed by atoms with Crippen LogP contribution >= 0.6 is 0 Å². The van der Waals surface area contributed by atoms with Crippen LogP contribution in [-0.4, -0.2) is 50.4 Å². The number of benzene rings is 2. The van der Waals surface area contributed by atoms with Crippen molar-refractivity contribution in [3.8, 4) is 5.75 Å².